The predicted molar refractivity (Wildman–Crippen MR) is 99.7 cm³/mol. The summed E-state index contributed by atoms with van der Waals surface area (Å²) in [7, 11) is 0. The van der Waals surface area contributed by atoms with Gasteiger partial charge in [0, 0.05) is 6.07 Å². The van der Waals surface area contributed by atoms with E-state index in [0.29, 0.717) is 11.6 Å². The number of hydrogen-bond acceptors (Lipinski definition) is 2. The summed E-state index contributed by atoms with van der Waals surface area (Å²) in [6, 6.07) is 8.07. The molecule has 0 aliphatic heterocycles. The van der Waals surface area contributed by atoms with Crippen LogP contribution in [0.25, 0.3) is 0 Å². The molecule has 2 rings (SSSR count). The number of aryl methyl sites for hydroxylation is 3. The third-order valence-corrected chi connectivity index (χ3v) is 4.57. The Morgan fingerprint density at radius 2 is 1.48 bits per heavy atom. The van der Waals surface area contributed by atoms with Gasteiger partial charge in [-0.2, -0.15) is 13.2 Å². The van der Waals surface area contributed by atoms with Gasteiger partial charge in [-0.25, -0.2) is 13.6 Å². The van der Waals surface area contributed by atoms with Crippen LogP contribution in [-0.2, 0) is 24.1 Å². The molecule has 29 heavy (non-hydrogen) atoms. The lowest BCUT2D eigenvalue weighted by molar-refractivity contribution is -0.189. The SMILES string of the molecule is CCCCCCc1ccc(CCc2ccc(OC(=O)C(F)(F)F)cc2F)c(F)c1. The second-order valence-electron chi connectivity index (χ2n) is 6.88. The average Bonchev–Trinajstić information content (AvgIpc) is 2.65. The van der Waals surface area contributed by atoms with Crippen LogP contribution in [0.2, 0.25) is 0 Å². The smallest absolute Gasteiger partial charge is 0.420 e. The lowest BCUT2D eigenvalue weighted by Gasteiger charge is -2.10. The Morgan fingerprint density at radius 1 is 0.862 bits per heavy atom. The molecule has 2 aromatic carbocycles. The van der Waals surface area contributed by atoms with E-state index in [2.05, 4.69) is 11.7 Å². The van der Waals surface area contributed by atoms with Gasteiger partial charge in [-0.05, 0) is 54.5 Å². The Balaban J connectivity index is 1.94. The van der Waals surface area contributed by atoms with Gasteiger partial charge in [0.15, 0.2) is 0 Å². The third-order valence-electron chi connectivity index (χ3n) is 4.57. The molecule has 0 saturated carbocycles. The molecule has 0 aliphatic rings. The van der Waals surface area contributed by atoms with Crippen molar-refractivity contribution in [3.63, 3.8) is 0 Å². The summed E-state index contributed by atoms with van der Waals surface area (Å²) in [4.78, 5) is 10.8. The molecule has 7 heteroatoms. The van der Waals surface area contributed by atoms with E-state index >= 15 is 0 Å². The van der Waals surface area contributed by atoms with Crippen LogP contribution in [-0.4, -0.2) is 12.1 Å². The predicted octanol–water partition coefficient (Wildman–Crippen LogP) is 6.34. The number of carbonyl (C=O) groups is 1. The highest BCUT2D eigenvalue weighted by Crippen LogP contribution is 2.23. The fourth-order valence-electron chi connectivity index (χ4n) is 2.93. The van der Waals surface area contributed by atoms with E-state index in [0.717, 1.165) is 43.7 Å². The van der Waals surface area contributed by atoms with E-state index in [4.69, 9.17) is 0 Å². The van der Waals surface area contributed by atoms with Crippen molar-refractivity contribution in [1.29, 1.82) is 0 Å². The standard InChI is InChI=1S/C22H23F5O2/c1-2-3-4-5-6-15-7-8-16(19(23)13-15)9-10-17-11-12-18(14-20(17)24)29-21(28)22(25,26)27/h7-8,11-14H,2-6,9-10H2,1H3. The van der Waals surface area contributed by atoms with E-state index in [1.54, 1.807) is 6.07 Å². The molecule has 0 fully saturated rings. The molecular weight excluding hydrogens is 391 g/mol. The van der Waals surface area contributed by atoms with Crippen molar-refractivity contribution in [2.24, 2.45) is 0 Å². The Bertz CT molecular complexity index is 830. The van der Waals surface area contributed by atoms with Crippen molar-refractivity contribution in [3.8, 4) is 5.75 Å². The highest BCUT2D eigenvalue weighted by atomic mass is 19.4. The van der Waals surface area contributed by atoms with Crippen molar-refractivity contribution < 1.29 is 31.5 Å². The fourth-order valence-corrected chi connectivity index (χ4v) is 2.93. The van der Waals surface area contributed by atoms with Crippen molar-refractivity contribution in [2.75, 3.05) is 0 Å². The van der Waals surface area contributed by atoms with Crippen LogP contribution in [0.4, 0.5) is 22.0 Å². The number of carbonyl (C=O) groups excluding carboxylic acids is 1. The number of esters is 1. The van der Waals surface area contributed by atoms with Gasteiger partial charge in [-0.1, -0.05) is 44.4 Å². The first-order valence-corrected chi connectivity index (χ1v) is 9.55. The van der Waals surface area contributed by atoms with Gasteiger partial charge in [0.1, 0.15) is 17.4 Å². The van der Waals surface area contributed by atoms with Crippen LogP contribution in [0.3, 0.4) is 0 Å². The number of benzene rings is 2. The summed E-state index contributed by atoms with van der Waals surface area (Å²) in [5, 5.41) is 0. The Kier molecular flexibility index (Phi) is 8.17. The quantitative estimate of drug-likeness (QED) is 0.207. The van der Waals surface area contributed by atoms with Gasteiger partial charge < -0.3 is 4.74 Å². The second kappa shape index (κ2) is 10.4. The zero-order valence-electron chi connectivity index (χ0n) is 16.1. The number of halogens is 5. The highest BCUT2D eigenvalue weighted by Gasteiger charge is 2.41. The zero-order chi connectivity index (χ0) is 21.4. The molecule has 0 spiro atoms. The third kappa shape index (κ3) is 7.15. The van der Waals surface area contributed by atoms with Gasteiger partial charge in [0.05, 0.1) is 0 Å². The monoisotopic (exact) mass is 414 g/mol. The molecule has 0 bridgehead atoms. The van der Waals surface area contributed by atoms with Crippen LogP contribution in [0.1, 0.15) is 49.3 Å². The Labute approximate surface area is 166 Å². The van der Waals surface area contributed by atoms with Crippen molar-refractivity contribution in [3.05, 3.63) is 64.7 Å². The molecule has 0 aliphatic carbocycles. The Hall–Kier alpha value is -2.44. The maximum absolute atomic E-state index is 14.3. The minimum atomic E-state index is -5.16. The summed E-state index contributed by atoms with van der Waals surface area (Å²) in [6.07, 6.45) is 0.442. The molecule has 0 heterocycles. The van der Waals surface area contributed by atoms with Crippen LogP contribution in [0.5, 0.6) is 5.75 Å². The molecular formula is C22H23F5O2. The molecule has 0 unspecified atom stereocenters. The maximum Gasteiger partial charge on any atom is 0.491 e. The lowest BCUT2D eigenvalue weighted by atomic mass is 10.00. The molecule has 158 valence electrons. The summed E-state index contributed by atoms with van der Waals surface area (Å²) in [5.41, 5.74) is 1.55. The summed E-state index contributed by atoms with van der Waals surface area (Å²) < 4.78 is 69.0. The van der Waals surface area contributed by atoms with E-state index in [9.17, 15) is 26.7 Å². The first kappa shape index (κ1) is 22.8. The zero-order valence-corrected chi connectivity index (χ0v) is 16.1. The minimum Gasteiger partial charge on any atom is -0.420 e. The summed E-state index contributed by atoms with van der Waals surface area (Å²) in [6.45, 7) is 2.12. The first-order valence-electron chi connectivity index (χ1n) is 9.55. The highest BCUT2D eigenvalue weighted by molar-refractivity contribution is 5.78. The van der Waals surface area contributed by atoms with Crippen molar-refractivity contribution in [1.82, 2.24) is 0 Å². The van der Waals surface area contributed by atoms with E-state index in [1.807, 2.05) is 6.07 Å². The molecule has 0 aromatic heterocycles. The number of hydrogen-bond donors (Lipinski definition) is 0. The van der Waals surface area contributed by atoms with Gasteiger partial charge in [0.25, 0.3) is 0 Å². The lowest BCUT2D eigenvalue weighted by Crippen LogP contribution is -2.28. The van der Waals surface area contributed by atoms with Crippen molar-refractivity contribution in [2.45, 2.75) is 58.0 Å². The Morgan fingerprint density at radius 3 is 2.03 bits per heavy atom. The number of alkyl halides is 3. The van der Waals surface area contributed by atoms with E-state index in [1.165, 1.54) is 12.1 Å². The molecule has 0 N–H and O–H groups in total. The molecule has 2 nitrogen and oxygen atoms in total. The maximum atomic E-state index is 14.3. The van der Waals surface area contributed by atoms with Gasteiger partial charge >= 0.3 is 12.1 Å². The molecule has 0 saturated heterocycles. The number of ether oxygens (including phenoxy) is 1. The van der Waals surface area contributed by atoms with Crippen LogP contribution >= 0.6 is 0 Å². The normalized spacial score (nSPS) is 11.5. The molecule has 2 aromatic rings. The molecule has 0 amide bonds. The summed E-state index contributed by atoms with van der Waals surface area (Å²) >= 11 is 0. The molecule has 0 radical (unpaired) electrons. The van der Waals surface area contributed by atoms with Gasteiger partial charge in [-0.15, -0.1) is 0 Å². The van der Waals surface area contributed by atoms with Crippen molar-refractivity contribution >= 4 is 5.97 Å². The summed E-state index contributed by atoms with van der Waals surface area (Å²) in [5.74, 6) is -4.12. The minimum absolute atomic E-state index is 0.159. The van der Waals surface area contributed by atoms with Crippen LogP contribution in [0, 0.1) is 11.6 Å². The topological polar surface area (TPSA) is 26.3 Å². The molecule has 0 atom stereocenters. The second-order valence-corrected chi connectivity index (χ2v) is 6.88. The number of unbranched alkanes of at least 4 members (excludes halogenated alkanes) is 3. The average molecular weight is 414 g/mol. The number of rotatable bonds is 9. The van der Waals surface area contributed by atoms with Gasteiger partial charge in [-0.3, -0.25) is 0 Å². The van der Waals surface area contributed by atoms with Crippen LogP contribution in [0.15, 0.2) is 36.4 Å². The van der Waals surface area contributed by atoms with E-state index < -0.39 is 23.7 Å². The fraction of sp³-hybridized carbons (Fsp3) is 0.409. The largest absolute Gasteiger partial charge is 0.491 e. The van der Waals surface area contributed by atoms with E-state index in [-0.39, 0.29) is 24.2 Å². The first-order chi connectivity index (χ1) is 13.7. The van der Waals surface area contributed by atoms with Gasteiger partial charge in [0.2, 0.25) is 0 Å². The van der Waals surface area contributed by atoms with Crippen LogP contribution < -0.4 is 4.74 Å².